The van der Waals surface area contributed by atoms with Gasteiger partial charge in [-0.15, -0.1) is 0 Å². The van der Waals surface area contributed by atoms with Crippen LogP contribution in [0.15, 0.2) is 60.8 Å². The summed E-state index contributed by atoms with van der Waals surface area (Å²) in [7, 11) is 0. The van der Waals surface area contributed by atoms with Crippen molar-refractivity contribution >= 4 is 22.6 Å². The van der Waals surface area contributed by atoms with Gasteiger partial charge < -0.3 is 4.98 Å². The average molecular weight is 357 g/mol. The van der Waals surface area contributed by atoms with E-state index in [-0.39, 0.29) is 0 Å². The highest BCUT2D eigenvalue weighted by Gasteiger charge is 2.25. The van der Waals surface area contributed by atoms with Crippen molar-refractivity contribution in [3.63, 3.8) is 0 Å². The van der Waals surface area contributed by atoms with Crippen LogP contribution in [0.3, 0.4) is 0 Å². The minimum absolute atomic E-state index is 0.394. The normalized spacial score (nSPS) is 16.2. The molecule has 3 aromatic rings. The maximum Gasteiger partial charge on any atom is 0.0621 e. The third-order valence-electron chi connectivity index (χ3n) is 3.77. The van der Waals surface area contributed by atoms with Crippen molar-refractivity contribution in [1.29, 1.82) is 0 Å². The molecule has 1 nitrogen and oxygen atoms in total. The van der Waals surface area contributed by atoms with E-state index in [0.717, 1.165) is 0 Å². The number of rotatable bonds is 0. The molecule has 1 N–H and O–H groups in total. The fraction of sp³-hybridized carbons (Fsp3) is 0.0588. The van der Waals surface area contributed by atoms with E-state index in [2.05, 4.69) is 82.2 Å². The van der Waals surface area contributed by atoms with E-state index in [9.17, 15) is 0 Å². The predicted molar refractivity (Wildman–Crippen MR) is 87.5 cm³/mol. The number of H-pyrrole nitrogens is 1. The van der Waals surface area contributed by atoms with Crippen LogP contribution in [0.1, 0.15) is 15.1 Å². The zero-order chi connectivity index (χ0) is 12.8. The molecule has 0 radical (unpaired) electrons. The van der Waals surface area contributed by atoms with E-state index in [4.69, 9.17) is 0 Å². The third-order valence-corrected chi connectivity index (χ3v) is 5.12. The molecule has 0 fully saturated rings. The van der Waals surface area contributed by atoms with Gasteiger partial charge in [-0.05, 0) is 22.8 Å². The van der Waals surface area contributed by atoms with Gasteiger partial charge in [-0.3, -0.25) is 0 Å². The Balaban J connectivity index is 2.15. The van der Waals surface area contributed by atoms with Crippen LogP contribution in [0.5, 0.6) is 0 Å². The van der Waals surface area contributed by atoms with E-state index < -0.39 is 0 Å². The molecule has 1 aliphatic rings. The Kier molecular flexibility index (Phi) is 2.52. The summed E-state index contributed by atoms with van der Waals surface area (Å²) in [4.78, 5) is 3.41. The minimum Gasteiger partial charge on any atom is -0.361 e. The fourth-order valence-electron chi connectivity index (χ4n) is 2.89. The molecule has 0 bridgehead atoms. The highest BCUT2D eigenvalue weighted by molar-refractivity contribution is 14.1. The Morgan fingerprint density at radius 1 is 0.737 bits per heavy atom. The lowest BCUT2D eigenvalue weighted by Crippen LogP contribution is -1.94. The van der Waals surface area contributed by atoms with Gasteiger partial charge in [0, 0.05) is 17.3 Å². The average Bonchev–Trinajstić information content (AvgIpc) is 2.92. The van der Waals surface area contributed by atoms with Crippen LogP contribution in [0.4, 0.5) is 0 Å². The van der Waals surface area contributed by atoms with Crippen LogP contribution < -0.4 is 0 Å². The lowest BCUT2D eigenvalue weighted by atomic mass is 9.99. The first-order valence-corrected chi connectivity index (χ1v) is 7.61. The van der Waals surface area contributed by atoms with Gasteiger partial charge >= 0.3 is 0 Å². The second kappa shape index (κ2) is 4.23. The van der Waals surface area contributed by atoms with Gasteiger partial charge in [0.25, 0.3) is 0 Å². The van der Waals surface area contributed by atoms with Crippen LogP contribution in [0.2, 0.25) is 0 Å². The number of nitrogens with one attached hydrogen (secondary N) is 1. The summed E-state index contributed by atoms with van der Waals surface area (Å²) in [6.45, 7) is 0. The number of aromatic amines is 1. The minimum atomic E-state index is 0.394. The van der Waals surface area contributed by atoms with Crippen LogP contribution in [-0.2, 0) is 0 Å². The molecule has 0 saturated heterocycles. The first kappa shape index (κ1) is 11.3. The SMILES string of the molecule is IC1c2ccccc2-c2cc[nH]c2-c2ccccc21. The quantitative estimate of drug-likeness (QED) is 0.421. The molecule has 1 unspecified atom stereocenters. The van der Waals surface area contributed by atoms with Crippen molar-refractivity contribution in [2.75, 3.05) is 0 Å². The summed E-state index contributed by atoms with van der Waals surface area (Å²) in [6, 6.07) is 19.6. The van der Waals surface area contributed by atoms with Crippen molar-refractivity contribution in [3.05, 3.63) is 71.9 Å². The molecule has 1 aromatic heterocycles. The van der Waals surface area contributed by atoms with Crippen molar-refractivity contribution in [3.8, 4) is 22.4 Å². The van der Waals surface area contributed by atoms with Gasteiger partial charge in [-0.2, -0.15) is 0 Å². The smallest absolute Gasteiger partial charge is 0.0621 e. The van der Waals surface area contributed by atoms with E-state index in [1.54, 1.807) is 0 Å². The summed E-state index contributed by atoms with van der Waals surface area (Å²) in [5, 5.41) is 0. The second-order valence-corrected chi connectivity index (χ2v) is 6.05. The number of fused-ring (bicyclic) bond motifs is 5. The monoisotopic (exact) mass is 357 g/mol. The molecule has 2 aromatic carbocycles. The molecule has 2 heteroatoms. The predicted octanol–water partition coefficient (Wildman–Crippen LogP) is 5.19. The Hall–Kier alpha value is -1.55. The topological polar surface area (TPSA) is 15.8 Å². The largest absolute Gasteiger partial charge is 0.361 e. The zero-order valence-electron chi connectivity index (χ0n) is 10.2. The fourth-order valence-corrected chi connectivity index (χ4v) is 3.98. The molecule has 0 saturated carbocycles. The van der Waals surface area contributed by atoms with E-state index in [0.29, 0.717) is 3.92 Å². The first-order chi connectivity index (χ1) is 9.36. The van der Waals surface area contributed by atoms with Gasteiger partial charge in [0.2, 0.25) is 0 Å². The maximum atomic E-state index is 3.41. The van der Waals surface area contributed by atoms with Crippen LogP contribution in [0, 0.1) is 0 Å². The Morgan fingerprint density at radius 2 is 1.37 bits per heavy atom. The molecular formula is C17H12IN. The number of alkyl halides is 1. The zero-order valence-corrected chi connectivity index (χ0v) is 12.4. The number of hydrogen-bond donors (Lipinski definition) is 1. The van der Waals surface area contributed by atoms with Crippen molar-refractivity contribution in [1.82, 2.24) is 4.98 Å². The first-order valence-electron chi connectivity index (χ1n) is 6.36. The molecule has 1 atom stereocenters. The molecule has 1 aliphatic carbocycles. The molecule has 0 spiro atoms. The van der Waals surface area contributed by atoms with Crippen molar-refractivity contribution in [2.45, 2.75) is 3.92 Å². The summed E-state index contributed by atoms with van der Waals surface area (Å²) in [6.07, 6.45) is 2.03. The lowest BCUT2D eigenvalue weighted by molar-refractivity contribution is 1.21. The molecule has 0 aliphatic heterocycles. The van der Waals surface area contributed by atoms with Gasteiger partial charge in [0.05, 0.1) is 9.62 Å². The molecular weight excluding hydrogens is 345 g/mol. The van der Waals surface area contributed by atoms with E-state index in [1.165, 1.54) is 33.5 Å². The third kappa shape index (κ3) is 1.59. The van der Waals surface area contributed by atoms with Crippen molar-refractivity contribution < 1.29 is 0 Å². The van der Waals surface area contributed by atoms with Crippen LogP contribution in [-0.4, -0.2) is 4.98 Å². The molecule has 0 amide bonds. The number of halogens is 1. The second-order valence-electron chi connectivity index (χ2n) is 4.80. The maximum absolute atomic E-state index is 3.41. The molecule has 4 rings (SSSR count). The number of hydrogen-bond acceptors (Lipinski definition) is 0. The Bertz CT molecular complexity index is 695. The van der Waals surface area contributed by atoms with E-state index in [1.807, 2.05) is 6.20 Å². The highest BCUT2D eigenvalue weighted by atomic mass is 127. The Labute approximate surface area is 125 Å². The van der Waals surface area contributed by atoms with Gasteiger partial charge in [-0.1, -0.05) is 71.1 Å². The highest BCUT2D eigenvalue weighted by Crippen LogP contribution is 2.47. The van der Waals surface area contributed by atoms with Gasteiger partial charge in [-0.25, -0.2) is 0 Å². The van der Waals surface area contributed by atoms with Gasteiger partial charge in [0.1, 0.15) is 0 Å². The summed E-state index contributed by atoms with van der Waals surface area (Å²) < 4.78 is 0.394. The standard InChI is InChI=1S/C17H12IN/c18-16-12-6-2-1-5-11(12)15-9-10-19-17(15)14-8-4-3-7-13(14)16/h1-10,16,19H. The summed E-state index contributed by atoms with van der Waals surface area (Å²) >= 11 is 2.55. The Morgan fingerprint density at radius 3 is 2.16 bits per heavy atom. The number of aromatic nitrogens is 1. The molecule has 19 heavy (non-hydrogen) atoms. The lowest BCUT2D eigenvalue weighted by Gasteiger charge is -2.13. The van der Waals surface area contributed by atoms with Gasteiger partial charge in [0.15, 0.2) is 0 Å². The molecule has 92 valence electrons. The summed E-state index contributed by atoms with van der Waals surface area (Å²) in [5.41, 5.74) is 7.99. The van der Waals surface area contributed by atoms with Crippen LogP contribution >= 0.6 is 22.6 Å². The van der Waals surface area contributed by atoms with Crippen molar-refractivity contribution in [2.24, 2.45) is 0 Å². The van der Waals surface area contributed by atoms with Crippen LogP contribution in [0.25, 0.3) is 22.4 Å². The summed E-state index contributed by atoms with van der Waals surface area (Å²) in [5.74, 6) is 0. The molecule has 1 heterocycles. The number of benzene rings is 2. The van der Waals surface area contributed by atoms with E-state index >= 15 is 0 Å².